The molecule has 0 radical (unpaired) electrons. The SMILES string of the molecule is CCCCCCCCC=CCCCCCCC(C)C(=O)[O-].[K+]. The number of rotatable bonds is 15. The molecule has 1 atom stereocenters. The molecule has 124 valence electrons. The molecule has 1 unspecified atom stereocenters. The summed E-state index contributed by atoms with van der Waals surface area (Å²) in [4.78, 5) is 10.5. The van der Waals surface area contributed by atoms with Gasteiger partial charge in [-0.15, -0.1) is 0 Å². The van der Waals surface area contributed by atoms with Gasteiger partial charge in [-0.1, -0.05) is 77.4 Å². The number of hydrogen-bond acceptors (Lipinski definition) is 2. The second-order valence-corrected chi connectivity index (χ2v) is 6.24. The molecule has 0 saturated carbocycles. The normalized spacial score (nSPS) is 12.3. The fraction of sp³-hybridized carbons (Fsp3) is 0.842. The van der Waals surface area contributed by atoms with E-state index in [-0.39, 0.29) is 57.3 Å². The van der Waals surface area contributed by atoms with Crippen LogP contribution in [-0.4, -0.2) is 5.97 Å². The van der Waals surface area contributed by atoms with Crippen LogP contribution >= 0.6 is 0 Å². The van der Waals surface area contributed by atoms with Crippen LogP contribution < -0.4 is 56.5 Å². The number of carboxylic acid groups (broad SMARTS) is 1. The molecule has 0 fully saturated rings. The summed E-state index contributed by atoms with van der Waals surface area (Å²) in [6.07, 6.45) is 20.6. The minimum absolute atomic E-state index is 0. The van der Waals surface area contributed by atoms with Gasteiger partial charge in [-0.05, 0) is 38.0 Å². The number of allylic oxidation sites excluding steroid dienone is 2. The summed E-state index contributed by atoms with van der Waals surface area (Å²) in [5.41, 5.74) is 0. The molecule has 0 spiro atoms. The number of carbonyl (C=O) groups is 1. The van der Waals surface area contributed by atoms with Gasteiger partial charge >= 0.3 is 51.4 Å². The van der Waals surface area contributed by atoms with Crippen molar-refractivity contribution in [3.8, 4) is 0 Å². The van der Waals surface area contributed by atoms with Crippen LogP contribution in [0.3, 0.4) is 0 Å². The van der Waals surface area contributed by atoms with Gasteiger partial charge in [0.15, 0.2) is 0 Å². The first-order valence-corrected chi connectivity index (χ1v) is 9.04. The summed E-state index contributed by atoms with van der Waals surface area (Å²) in [7, 11) is 0. The zero-order valence-electron chi connectivity index (χ0n) is 15.2. The molecule has 3 heteroatoms. The molecule has 0 saturated heterocycles. The molecule has 0 N–H and O–H groups in total. The summed E-state index contributed by atoms with van der Waals surface area (Å²) < 4.78 is 0. The quantitative estimate of drug-likeness (QED) is 0.261. The van der Waals surface area contributed by atoms with Crippen LogP contribution in [-0.2, 0) is 4.79 Å². The Labute approximate surface area is 180 Å². The van der Waals surface area contributed by atoms with Crippen molar-refractivity contribution in [3.63, 3.8) is 0 Å². The monoisotopic (exact) mass is 334 g/mol. The minimum Gasteiger partial charge on any atom is -0.550 e. The fourth-order valence-corrected chi connectivity index (χ4v) is 2.46. The Kier molecular flexibility index (Phi) is 22.7. The van der Waals surface area contributed by atoms with Gasteiger partial charge in [0, 0.05) is 5.97 Å². The second-order valence-electron chi connectivity index (χ2n) is 6.24. The van der Waals surface area contributed by atoms with Crippen molar-refractivity contribution in [1.82, 2.24) is 0 Å². The van der Waals surface area contributed by atoms with Gasteiger partial charge in [0.1, 0.15) is 0 Å². The first-order chi connectivity index (χ1) is 10.2. The van der Waals surface area contributed by atoms with E-state index in [1.165, 1.54) is 64.2 Å². The van der Waals surface area contributed by atoms with Gasteiger partial charge in [-0.25, -0.2) is 0 Å². The molecule has 0 rings (SSSR count). The summed E-state index contributed by atoms with van der Waals surface area (Å²) in [6.45, 7) is 3.99. The van der Waals surface area contributed by atoms with E-state index in [0.717, 1.165) is 19.3 Å². The van der Waals surface area contributed by atoms with E-state index in [2.05, 4.69) is 19.1 Å². The molecule has 2 nitrogen and oxygen atoms in total. The smallest absolute Gasteiger partial charge is 0.550 e. The van der Waals surface area contributed by atoms with Crippen molar-refractivity contribution in [2.45, 2.75) is 97.3 Å². The van der Waals surface area contributed by atoms with E-state index < -0.39 is 5.97 Å². The topological polar surface area (TPSA) is 40.1 Å². The third-order valence-electron chi connectivity index (χ3n) is 4.05. The van der Waals surface area contributed by atoms with Crippen LogP contribution in [0.25, 0.3) is 0 Å². The Morgan fingerprint density at radius 2 is 1.32 bits per heavy atom. The first-order valence-electron chi connectivity index (χ1n) is 9.04. The van der Waals surface area contributed by atoms with E-state index in [4.69, 9.17) is 0 Å². The van der Waals surface area contributed by atoms with Crippen LogP contribution in [0, 0.1) is 5.92 Å². The number of hydrogen-bond donors (Lipinski definition) is 0. The fourth-order valence-electron chi connectivity index (χ4n) is 2.46. The molecule has 0 aromatic carbocycles. The van der Waals surface area contributed by atoms with Crippen LogP contribution in [0.5, 0.6) is 0 Å². The second kappa shape index (κ2) is 19.9. The minimum atomic E-state index is -0.910. The Morgan fingerprint density at radius 3 is 1.82 bits per heavy atom. The molecule has 0 aliphatic heterocycles. The van der Waals surface area contributed by atoms with Crippen molar-refractivity contribution in [2.24, 2.45) is 5.92 Å². The third kappa shape index (κ3) is 18.9. The average Bonchev–Trinajstić information content (AvgIpc) is 2.47. The molecule has 0 aliphatic carbocycles. The zero-order valence-corrected chi connectivity index (χ0v) is 18.4. The van der Waals surface area contributed by atoms with Gasteiger partial charge in [0.25, 0.3) is 0 Å². The summed E-state index contributed by atoms with van der Waals surface area (Å²) in [5.74, 6) is -1.20. The molecule has 0 heterocycles. The number of carbonyl (C=O) groups excluding carboxylic acids is 1. The molecule has 0 aromatic heterocycles. The van der Waals surface area contributed by atoms with Crippen molar-refractivity contribution < 1.29 is 61.3 Å². The number of unbranched alkanes of at least 4 members (excludes halogenated alkanes) is 10. The maximum Gasteiger partial charge on any atom is 1.00 e. The van der Waals surface area contributed by atoms with Gasteiger partial charge in [-0.3, -0.25) is 0 Å². The Morgan fingerprint density at radius 1 is 0.864 bits per heavy atom. The van der Waals surface area contributed by atoms with Crippen LogP contribution in [0.4, 0.5) is 0 Å². The number of aliphatic carboxylic acids is 1. The molecule has 0 bridgehead atoms. The van der Waals surface area contributed by atoms with Crippen molar-refractivity contribution in [3.05, 3.63) is 12.2 Å². The molecular formula is C19H35KO2. The molecule has 0 aromatic rings. The summed E-state index contributed by atoms with van der Waals surface area (Å²) in [6, 6.07) is 0. The first kappa shape index (κ1) is 25.1. The van der Waals surface area contributed by atoms with E-state index in [1.54, 1.807) is 6.92 Å². The van der Waals surface area contributed by atoms with Gasteiger partial charge < -0.3 is 9.90 Å². The molecule has 0 aliphatic rings. The maximum absolute atomic E-state index is 10.5. The van der Waals surface area contributed by atoms with Gasteiger partial charge in [0.05, 0.1) is 0 Å². The number of carboxylic acids is 1. The third-order valence-corrected chi connectivity index (χ3v) is 4.05. The van der Waals surface area contributed by atoms with Crippen molar-refractivity contribution >= 4 is 5.97 Å². The summed E-state index contributed by atoms with van der Waals surface area (Å²) >= 11 is 0. The van der Waals surface area contributed by atoms with Crippen LogP contribution in [0.1, 0.15) is 97.3 Å². The molecule has 0 amide bonds. The molecular weight excluding hydrogens is 299 g/mol. The van der Waals surface area contributed by atoms with E-state index in [9.17, 15) is 9.90 Å². The van der Waals surface area contributed by atoms with E-state index in [1.807, 2.05) is 0 Å². The summed E-state index contributed by atoms with van der Waals surface area (Å²) in [5, 5.41) is 10.5. The Hall–Kier alpha value is 0.846. The van der Waals surface area contributed by atoms with Crippen LogP contribution in [0.15, 0.2) is 12.2 Å². The molecule has 22 heavy (non-hydrogen) atoms. The van der Waals surface area contributed by atoms with Crippen LogP contribution in [0.2, 0.25) is 0 Å². The average molecular weight is 335 g/mol. The van der Waals surface area contributed by atoms with E-state index in [0.29, 0.717) is 0 Å². The largest absolute Gasteiger partial charge is 1.00 e. The van der Waals surface area contributed by atoms with Crippen molar-refractivity contribution in [1.29, 1.82) is 0 Å². The Balaban J connectivity index is 0. The van der Waals surface area contributed by atoms with Crippen molar-refractivity contribution in [2.75, 3.05) is 0 Å². The predicted octanol–water partition coefficient (Wildman–Crippen LogP) is 2.02. The van der Waals surface area contributed by atoms with Gasteiger partial charge in [-0.2, -0.15) is 0 Å². The predicted molar refractivity (Wildman–Crippen MR) is 89.0 cm³/mol. The Bertz CT molecular complexity index is 264. The standard InChI is InChI=1S/C19H36O2.K/c1-3-4-5-6-7-8-9-10-11-12-13-14-15-16-17-18(2)19(20)21;/h10-11,18H,3-9,12-17H2,1-2H3,(H,20,21);/q;+1/p-1. The maximum atomic E-state index is 10.5. The van der Waals surface area contributed by atoms with E-state index >= 15 is 0 Å². The zero-order chi connectivity index (χ0) is 15.8. The van der Waals surface area contributed by atoms with Gasteiger partial charge in [0.2, 0.25) is 0 Å².